The number of fused-ring (bicyclic) bond motifs is 1. The minimum absolute atomic E-state index is 0.0434. The lowest BCUT2D eigenvalue weighted by molar-refractivity contribution is -0.325. The van der Waals surface area contributed by atoms with Gasteiger partial charge in [0.05, 0.1) is 31.1 Å². The number of aliphatic hydroxyl groups is 1. The molecule has 2 atom stereocenters. The summed E-state index contributed by atoms with van der Waals surface area (Å²) in [5, 5.41) is 17.5. The van der Waals surface area contributed by atoms with Crippen molar-refractivity contribution in [1.82, 2.24) is 15.1 Å². The smallest absolute Gasteiger partial charge is 0.488 e. The second kappa shape index (κ2) is 10.2. The number of carbonyl (C=O) groups excluding carboxylic acids is 1. The summed E-state index contributed by atoms with van der Waals surface area (Å²) < 4.78 is 65.6. The summed E-state index contributed by atoms with van der Waals surface area (Å²) in [5.74, 6) is -0.152. The van der Waals surface area contributed by atoms with Crippen molar-refractivity contribution in [1.29, 1.82) is 0 Å². The fourth-order valence-corrected chi connectivity index (χ4v) is 4.27. The van der Waals surface area contributed by atoms with Gasteiger partial charge in [-0.05, 0) is 43.9 Å². The number of hydrogen-bond donors (Lipinski definition) is 2. The van der Waals surface area contributed by atoms with Gasteiger partial charge < -0.3 is 19.9 Å². The number of halogens is 4. The highest BCUT2D eigenvalue weighted by Crippen LogP contribution is 2.35. The second-order valence-electron chi connectivity index (χ2n) is 8.35. The summed E-state index contributed by atoms with van der Waals surface area (Å²) in [6.07, 6.45) is -0.549. The van der Waals surface area contributed by atoms with E-state index in [-0.39, 0.29) is 31.0 Å². The van der Waals surface area contributed by atoms with Crippen LogP contribution < -0.4 is 14.8 Å². The number of aliphatic hydroxyl groups excluding tert-OH is 1. The van der Waals surface area contributed by atoms with Crippen LogP contribution >= 0.6 is 0 Å². The number of ether oxygens (including phenoxy) is 3. The Kier molecular flexibility index (Phi) is 7.27. The van der Waals surface area contributed by atoms with Crippen molar-refractivity contribution in [3.05, 3.63) is 42.0 Å². The molecule has 1 aliphatic heterocycles. The average Bonchev–Trinajstić information content (AvgIpc) is 3.26. The van der Waals surface area contributed by atoms with Crippen LogP contribution in [0.4, 0.5) is 17.6 Å². The maximum Gasteiger partial charge on any atom is 0.522 e. The molecule has 0 spiro atoms. The van der Waals surface area contributed by atoms with E-state index in [1.54, 1.807) is 10.9 Å². The molecule has 1 aromatic carbocycles. The molecule has 8 nitrogen and oxygen atoms in total. The Hall–Kier alpha value is -2.86. The van der Waals surface area contributed by atoms with Crippen molar-refractivity contribution in [3.63, 3.8) is 0 Å². The van der Waals surface area contributed by atoms with Gasteiger partial charge in [0.25, 0.3) is 5.91 Å². The molecule has 2 heterocycles. The molecular weight excluding hydrogens is 462 g/mol. The number of aromatic nitrogens is 2. The second-order valence-corrected chi connectivity index (χ2v) is 8.35. The van der Waals surface area contributed by atoms with Gasteiger partial charge in [0, 0.05) is 18.0 Å². The monoisotopic (exact) mass is 487 g/mol. The molecule has 2 aromatic rings. The normalized spacial score (nSPS) is 24.7. The van der Waals surface area contributed by atoms with E-state index in [0.29, 0.717) is 29.9 Å². The molecule has 186 valence electrons. The lowest BCUT2D eigenvalue weighted by Crippen LogP contribution is -2.46. The fourth-order valence-electron chi connectivity index (χ4n) is 4.27. The van der Waals surface area contributed by atoms with E-state index in [4.69, 9.17) is 9.47 Å². The van der Waals surface area contributed by atoms with Crippen molar-refractivity contribution < 1.29 is 41.7 Å². The first-order chi connectivity index (χ1) is 16.2. The molecule has 1 aromatic heterocycles. The Balaban J connectivity index is 1.22. The molecule has 2 N–H and O–H groups in total. The maximum absolute atomic E-state index is 13.4. The molecule has 0 bridgehead atoms. The fraction of sp³-hybridized carbons (Fsp3) is 0.545. The van der Waals surface area contributed by atoms with Crippen LogP contribution in [0.5, 0.6) is 11.5 Å². The molecule has 4 rings (SSSR count). The summed E-state index contributed by atoms with van der Waals surface area (Å²) in [6, 6.07) is 3.84. The van der Waals surface area contributed by atoms with Crippen molar-refractivity contribution >= 4 is 5.91 Å². The third-order valence-electron chi connectivity index (χ3n) is 5.94. The minimum atomic E-state index is -4.69. The van der Waals surface area contributed by atoms with Gasteiger partial charge in [0.2, 0.25) is 0 Å². The summed E-state index contributed by atoms with van der Waals surface area (Å²) in [5.41, 5.74) is 0.333. The largest absolute Gasteiger partial charge is 0.522 e. The van der Waals surface area contributed by atoms with Crippen molar-refractivity contribution in [3.8, 4) is 11.5 Å². The van der Waals surface area contributed by atoms with E-state index < -0.39 is 31.0 Å². The molecule has 34 heavy (non-hydrogen) atoms. The lowest BCUT2D eigenvalue weighted by atomic mass is 9.91. The number of benzene rings is 1. The average molecular weight is 487 g/mol. The third kappa shape index (κ3) is 6.17. The summed E-state index contributed by atoms with van der Waals surface area (Å²) >= 11 is 0. The van der Waals surface area contributed by atoms with Gasteiger partial charge in [-0.1, -0.05) is 0 Å². The van der Waals surface area contributed by atoms with Crippen LogP contribution in [0.2, 0.25) is 0 Å². The highest BCUT2D eigenvalue weighted by molar-refractivity contribution is 5.82. The number of nitrogens with one attached hydrogen (secondary N) is 1. The van der Waals surface area contributed by atoms with Crippen LogP contribution in [0.15, 0.2) is 30.6 Å². The summed E-state index contributed by atoms with van der Waals surface area (Å²) in [7, 11) is 0. The zero-order chi connectivity index (χ0) is 24.3. The van der Waals surface area contributed by atoms with Gasteiger partial charge >= 0.3 is 6.36 Å². The van der Waals surface area contributed by atoms with E-state index in [2.05, 4.69) is 15.2 Å². The first-order valence-electron chi connectivity index (χ1n) is 11.0. The first kappa shape index (κ1) is 24.3. The highest BCUT2D eigenvalue weighted by Gasteiger charge is 2.34. The Morgan fingerprint density at radius 1 is 1.24 bits per heavy atom. The van der Waals surface area contributed by atoms with E-state index in [1.807, 2.05) is 0 Å². The van der Waals surface area contributed by atoms with Crippen molar-refractivity contribution in [2.75, 3.05) is 13.2 Å². The Morgan fingerprint density at radius 3 is 2.74 bits per heavy atom. The zero-order valence-corrected chi connectivity index (χ0v) is 18.1. The van der Waals surface area contributed by atoms with Crippen LogP contribution in [0, 0.1) is 5.82 Å². The molecule has 2 aliphatic rings. The van der Waals surface area contributed by atoms with Crippen LogP contribution in [0.25, 0.3) is 0 Å². The third-order valence-corrected chi connectivity index (χ3v) is 5.94. The number of amides is 1. The van der Waals surface area contributed by atoms with E-state index >= 15 is 0 Å². The highest BCUT2D eigenvalue weighted by atomic mass is 19.4. The Morgan fingerprint density at radius 2 is 2.00 bits per heavy atom. The van der Waals surface area contributed by atoms with Crippen LogP contribution in [0.1, 0.15) is 49.8 Å². The van der Waals surface area contributed by atoms with Crippen LogP contribution in [-0.4, -0.2) is 52.5 Å². The van der Waals surface area contributed by atoms with Crippen LogP contribution in [-0.2, 0) is 9.53 Å². The van der Waals surface area contributed by atoms with E-state index in [9.17, 15) is 27.5 Å². The number of rotatable bonds is 7. The molecule has 1 aliphatic carbocycles. The molecule has 0 unspecified atom stereocenters. The number of alkyl halides is 3. The molecular formula is C22H25F4N3O5. The van der Waals surface area contributed by atoms with Gasteiger partial charge in [-0.3, -0.25) is 14.2 Å². The molecule has 1 fully saturated rings. The number of hydrogen-bond acceptors (Lipinski definition) is 6. The molecule has 1 saturated carbocycles. The van der Waals surface area contributed by atoms with E-state index in [1.165, 1.54) is 24.4 Å². The number of carbonyl (C=O) groups is 1. The summed E-state index contributed by atoms with van der Waals surface area (Å²) in [6.45, 7) is -0.856. The molecule has 12 heteroatoms. The Labute approximate surface area is 192 Å². The topological polar surface area (TPSA) is 94.8 Å². The lowest BCUT2D eigenvalue weighted by Gasteiger charge is -2.32. The Bertz CT molecular complexity index is 991. The van der Waals surface area contributed by atoms with Gasteiger partial charge in [-0.2, -0.15) is 5.10 Å². The molecule has 0 radical (unpaired) electrons. The van der Waals surface area contributed by atoms with Crippen molar-refractivity contribution in [2.45, 2.75) is 62.8 Å². The minimum Gasteiger partial charge on any atom is -0.488 e. The standard InChI is InChI=1S/C22H25F4N3O5/c23-13-1-6-19-17(9-13)18(30)10-20(34-19)21(31)28-14-2-4-15(5-3-14)29-12-16(11-27-29)32-7-8-33-22(24,25)26/h1,6,9,11-12,14-15,18,20,30H,2-5,7-8,10H2,(H,28,31)/t14?,15?,18-,20-/m1/s1. The molecule has 0 saturated heterocycles. The predicted octanol–water partition coefficient (Wildman–Crippen LogP) is 3.42. The van der Waals surface area contributed by atoms with E-state index in [0.717, 1.165) is 12.8 Å². The van der Waals surface area contributed by atoms with Gasteiger partial charge in [-0.15, -0.1) is 13.2 Å². The zero-order valence-electron chi connectivity index (χ0n) is 18.1. The summed E-state index contributed by atoms with van der Waals surface area (Å²) in [4.78, 5) is 12.7. The van der Waals surface area contributed by atoms with Gasteiger partial charge in [-0.25, -0.2) is 4.39 Å². The number of nitrogens with zero attached hydrogens (tertiary/aromatic N) is 2. The predicted molar refractivity (Wildman–Crippen MR) is 110 cm³/mol. The van der Waals surface area contributed by atoms with Crippen molar-refractivity contribution in [2.24, 2.45) is 0 Å². The SMILES string of the molecule is O=C(NC1CCC(n2cc(OCCOC(F)(F)F)cn2)CC1)[C@H]1C[C@@H](O)c2cc(F)ccc2O1. The molecule has 1 amide bonds. The van der Waals surface area contributed by atoms with Gasteiger partial charge in [0.15, 0.2) is 11.9 Å². The van der Waals surface area contributed by atoms with Crippen LogP contribution in [0.3, 0.4) is 0 Å². The quantitative estimate of drug-likeness (QED) is 0.459. The maximum atomic E-state index is 13.4. The van der Waals surface area contributed by atoms with Gasteiger partial charge in [0.1, 0.15) is 18.2 Å². The first-order valence-corrected chi connectivity index (χ1v) is 11.0.